The number of aliphatic carboxylic acids is 1. The Labute approximate surface area is 110 Å². The summed E-state index contributed by atoms with van der Waals surface area (Å²) in [6, 6.07) is 11.3. The van der Waals surface area contributed by atoms with Crippen LogP contribution < -0.4 is 5.32 Å². The highest BCUT2D eigenvalue weighted by Crippen LogP contribution is 2.16. The molecule has 1 unspecified atom stereocenters. The van der Waals surface area contributed by atoms with Crippen LogP contribution in [0.15, 0.2) is 47.2 Å². The third kappa shape index (κ3) is 3.42. The molecule has 3 nitrogen and oxygen atoms in total. The van der Waals surface area contributed by atoms with Crippen LogP contribution in [0.3, 0.4) is 0 Å². The van der Waals surface area contributed by atoms with Crippen LogP contribution in [-0.4, -0.2) is 17.6 Å². The Bertz CT molecular complexity index is 482. The van der Waals surface area contributed by atoms with E-state index in [0.29, 0.717) is 6.54 Å². The second-order valence-electron chi connectivity index (χ2n) is 4.02. The van der Waals surface area contributed by atoms with Crippen molar-refractivity contribution in [3.63, 3.8) is 0 Å². The number of nitrogens with one attached hydrogen (secondary N) is 1. The molecule has 0 radical (unpaired) electrons. The molecule has 2 N–H and O–H groups in total. The lowest BCUT2D eigenvalue weighted by molar-refractivity contribution is -0.139. The zero-order chi connectivity index (χ0) is 12.8. The molecule has 4 heteroatoms. The maximum Gasteiger partial charge on any atom is 0.325 e. The van der Waals surface area contributed by atoms with Crippen LogP contribution in [0.25, 0.3) is 0 Å². The van der Waals surface area contributed by atoms with Crippen molar-refractivity contribution in [3.8, 4) is 0 Å². The number of carboxylic acids is 1. The topological polar surface area (TPSA) is 49.3 Å². The van der Waals surface area contributed by atoms with Gasteiger partial charge in [-0.3, -0.25) is 4.79 Å². The summed E-state index contributed by atoms with van der Waals surface area (Å²) < 4.78 is 0. The third-order valence-corrected chi connectivity index (χ3v) is 3.43. The van der Waals surface area contributed by atoms with Crippen LogP contribution in [0.1, 0.15) is 17.2 Å². The Morgan fingerprint density at radius 3 is 2.67 bits per heavy atom. The fraction of sp³-hybridized carbons (Fsp3) is 0.214. The van der Waals surface area contributed by atoms with E-state index < -0.39 is 12.0 Å². The molecule has 0 fully saturated rings. The van der Waals surface area contributed by atoms with Gasteiger partial charge in [-0.05, 0) is 34.4 Å². The fourth-order valence-corrected chi connectivity index (χ4v) is 2.48. The maximum atomic E-state index is 11.2. The average Bonchev–Trinajstić information content (AvgIpc) is 2.89. The van der Waals surface area contributed by atoms with Crippen LogP contribution in [0.2, 0.25) is 0 Å². The summed E-state index contributed by atoms with van der Waals surface area (Å²) in [6.45, 7) is 0.650. The lowest BCUT2D eigenvalue weighted by atomic mass is 10.1. The molecule has 0 aliphatic rings. The molecular formula is C14H15NO2S. The Morgan fingerprint density at radius 1 is 1.28 bits per heavy atom. The molecule has 18 heavy (non-hydrogen) atoms. The van der Waals surface area contributed by atoms with Gasteiger partial charge in [0.05, 0.1) is 0 Å². The first-order valence-electron chi connectivity index (χ1n) is 5.79. The highest BCUT2D eigenvalue weighted by molar-refractivity contribution is 7.08. The van der Waals surface area contributed by atoms with Gasteiger partial charge in [0.2, 0.25) is 0 Å². The van der Waals surface area contributed by atoms with E-state index in [-0.39, 0.29) is 0 Å². The number of carboxylic acid groups (broad SMARTS) is 1. The molecule has 0 aliphatic carbocycles. The molecule has 0 saturated carbocycles. The SMILES string of the molecule is O=C(O)C(NCCc1ccccc1)c1ccsc1. The molecular weight excluding hydrogens is 246 g/mol. The number of rotatable bonds is 6. The summed E-state index contributed by atoms with van der Waals surface area (Å²) >= 11 is 1.51. The van der Waals surface area contributed by atoms with E-state index in [4.69, 9.17) is 0 Å². The molecule has 0 spiro atoms. The van der Waals surface area contributed by atoms with Crippen molar-refractivity contribution in [2.45, 2.75) is 12.5 Å². The van der Waals surface area contributed by atoms with Gasteiger partial charge in [0.1, 0.15) is 6.04 Å². The number of hydrogen-bond acceptors (Lipinski definition) is 3. The van der Waals surface area contributed by atoms with Crippen LogP contribution in [0.5, 0.6) is 0 Å². The molecule has 0 amide bonds. The van der Waals surface area contributed by atoms with Gasteiger partial charge >= 0.3 is 5.97 Å². The van der Waals surface area contributed by atoms with Crippen LogP contribution in [0, 0.1) is 0 Å². The van der Waals surface area contributed by atoms with Crippen LogP contribution >= 0.6 is 11.3 Å². The monoisotopic (exact) mass is 261 g/mol. The molecule has 0 saturated heterocycles. The van der Waals surface area contributed by atoms with Gasteiger partial charge in [0.25, 0.3) is 0 Å². The number of hydrogen-bond donors (Lipinski definition) is 2. The van der Waals surface area contributed by atoms with E-state index in [1.165, 1.54) is 16.9 Å². The largest absolute Gasteiger partial charge is 0.480 e. The lowest BCUT2D eigenvalue weighted by Crippen LogP contribution is -2.29. The Hall–Kier alpha value is -1.65. The number of benzene rings is 1. The van der Waals surface area contributed by atoms with Gasteiger partial charge in [-0.2, -0.15) is 11.3 Å². The fourth-order valence-electron chi connectivity index (χ4n) is 1.79. The van der Waals surface area contributed by atoms with Gasteiger partial charge in [-0.25, -0.2) is 0 Å². The van der Waals surface area contributed by atoms with Crippen molar-refractivity contribution >= 4 is 17.3 Å². The predicted octanol–water partition coefficient (Wildman–Crippen LogP) is 2.71. The van der Waals surface area contributed by atoms with Crippen molar-refractivity contribution in [2.75, 3.05) is 6.54 Å². The first-order valence-corrected chi connectivity index (χ1v) is 6.74. The van der Waals surface area contributed by atoms with Gasteiger partial charge in [0, 0.05) is 6.54 Å². The molecule has 1 aromatic heterocycles. The molecule has 94 valence electrons. The quantitative estimate of drug-likeness (QED) is 0.840. The van der Waals surface area contributed by atoms with Crippen LogP contribution in [-0.2, 0) is 11.2 Å². The molecule has 0 bridgehead atoms. The Kier molecular flexibility index (Phi) is 4.50. The maximum absolute atomic E-state index is 11.2. The zero-order valence-electron chi connectivity index (χ0n) is 9.87. The average molecular weight is 261 g/mol. The van der Waals surface area contributed by atoms with Gasteiger partial charge in [0.15, 0.2) is 0 Å². The molecule has 0 aliphatic heterocycles. The summed E-state index contributed by atoms with van der Waals surface area (Å²) in [7, 11) is 0. The van der Waals surface area contributed by atoms with E-state index in [1.54, 1.807) is 0 Å². The third-order valence-electron chi connectivity index (χ3n) is 2.73. The minimum absolute atomic E-state index is 0.611. The standard InChI is InChI=1S/C14H15NO2S/c16-14(17)13(12-7-9-18-10-12)15-8-6-11-4-2-1-3-5-11/h1-5,7,9-10,13,15H,6,8H2,(H,16,17). The summed E-state index contributed by atoms with van der Waals surface area (Å²) in [5, 5.41) is 16.0. The van der Waals surface area contributed by atoms with Gasteiger partial charge in [-0.1, -0.05) is 30.3 Å². The van der Waals surface area contributed by atoms with Crippen molar-refractivity contribution in [1.82, 2.24) is 5.32 Å². The van der Waals surface area contributed by atoms with Crippen LogP contribution in [0.4, 0.5) is 0 Å². The van der Waals surface area contributed by atoms with Gasteiger partial charge < -0.3 is 10.4 Å². The molecule has 1 heterocycles. The normalized spacial score (nSPS) is 12.2. The van der Waals surface area contributed by atoms with E-state index >= 15 is 0 Å². The number of carbonyl (C=O) groups is 1. The predicted molar refractivity (Wildman–Crippen MR) is 72.8 cm³/mol. The Morgan fingerprint density at radius 2 is 2.06 bits per heavy atom. The smallest absolute Gasteiger partial charge is 0.325 e. The van der Waals surface area contributed by atoms with E-state index in [9.17, 15) is 9.90 Å². The highest BCUT2D eigenvalue weighted by Gasteiger charge is 2.18. The zero-order valence-corrected chi connectivity index (χ0v) is 10.7. The lowest BCUT2D eigenvalue weighted by Gasteiger charge is -2.13. The molecule has 2 rings (SSSR count). The first kappa shape index (κ1) is 12.8. The molecule has 1 atom stereocenters. The van der Waals surface area contributed by atoms with Crippen molar-refractivity contribution in [3.05, 3.63) is 58.3 Å². The highest BCUT2D eigenvalue weighted by atomic mass is 32.1. The minimum atomic E-state index is -0.832. The summed E-state index contributed by atoms with van der Waals surface area (Å²) in [5.41, 5.74) is 2.03. The summed E-state index contributed by atoms with van der Waals surface area (Å²) in [5.74, 6) is -0.832. The molecule has 1 aromatic carbocycles. The second-order valence-corrected chi connectivity index (χ2v) is 4.80. The van der Waals surface area contributed by atoms with Crippen molar-refractivity contribution < 1.29 is 9.90 Å². The minimum Gasteiger partial charge on any atom is -0.480 e. The van der Waals surface area contributed by atoms with E-state index in [2.05, 4.69) is 5.32 Å². The van der Waals surface area contributed by atoms with Gasteiger partial charge in [-0.15, -0.1) is 0 Å². The Balaban J connectivity index is 1.89. The van der Waals surface area contributed by atoms with Crippen molar-refractivity contribution in [1.29, 1.82) is 0 Å². The summed E-state index contributed by atoms with van der Waals surface area (Å²) in [4.78, 5) is 11.2. The number of thiophene rings is 1. The molecule has 2 aromatic rings. The van der Waals surface area contributed by atoms with Crippen molar-refractivity contribution in [2.24, 2.45) is 0 Å². The second kappa shape index (κ2) is 6.33. The van der Waals surface area contributed by atoms with E-state index in [0.717, 1.165) is 12.0 Å². The first-order chi connectivity index (χ1) is 8.77. The van der Waals surface area contributed by atoms with E-state index in [1.807, 2.05) is 47.2 Å². The summed E-state index contributed by atoms with van der Waals surface area (Å²) in [6.07, 6.45) is 0.828.